The van der Waals surface area contributed by atoms with E-state index in [1.54, 1.807) is 0 Å². The molecule has 0 aliphatic rings. The first-order chi connectivity index (χ1) is 14.4. The number of azo groups is 1. The van der Waals surface area contributed by atoms with E-state index in [1.165, 1.54) is 24.3 Å². The SMILES string of the molecule is O=S(=O)(O)c1ccc2c(N=Nc3ccccc3O[As](O)O)c(O)c(S(=O)(=O)O)cc2c1. The first-order valence-electron chi connectivity index (χ1n) is 7.99. The molecular weight excluding hydrogens is 519 g/mol. The van der Waals surface area contributed by atoms with Crippen molar-refractivity contribution in [3.05, 3.63) is 48.5 Å². The number of aromatic hydroxyl groups is 1. The van der Waals surface area contributed by atoms with Crippen LogP contribution in [0.25, 0.3) is 10.8 Å². The third-order valence-electron chi connectivity index (χ3n) is 3.90. The Hall–Kier alpha value is -2.58. The van der Waals surface area contributed by atoms with E-state index in [-0.39, 0.29) is 22.2 Å². The van der Waals surface area contributed by atoms with E-state index in [0.717, 1.165) is 24.3 Å². The van der Waals surface area contributed by atoms with Crippen molar-refractivity contribution in [3.63, 3.8) is 0 Å². The number of rotatable bonds is 6. The standard InChI is InChI=1S/C16H13AsN2O10S2/c20-16-14(31(26,27)28)8-9-7-10(30(23,24)25)5-6-11(9)15(16)19-18-12-3-1-2-4-13(12)29-17(21)22/h1-8,20-22H,(H,23,24,25)(H,26,27,28). The van der Waals surface area contributed by atoms with Gasteiger partial charge in [0.15, 0.2) is 0 Å². The van der Waals surface area contributed by atoms with Gasteiger partial charge in [0.25, 0.3) is 0 Å². The Balaban J connectivity index is 2.26. The Bertz CT molecular complexity index is 1410. The van der Waals surface area contributed by atoms with E-state index in [4.69, 9.17) is 11.9 Å². The summed E-state index contributed by atoms with van der Waals surface area (Å²) in [6.45, 7) is 0. The van der Waals surface area contributed by atoms with Gasteiger partial charge in [0.2, 0.25) is 0 Å². The van der Waals surface area contributed by atoms with Crippen LogP contribution in [0, 0.1) is 0 Å². The molecule has 0 spiro atoms. The Morgan fingerprint density at radius 1 is 0.871 bits per heavy atom. The summed E-state index contributed by atoms with van der Waals surface area (Å²) in [6, 6.07) is 9.67. The summed E-state index contributed by atoms with van der Waals surface area (Å²) in [4.78, 5) is -1.53. The number of nitrogens with zero attached hydrogens (tertiary/aromatic N) is 2. The molecule has 0 unspecified atom stereocenters. The van der Waals surface area contributed by atoms with Crippen molar-refractivity contribution in [1.29, 1.82) is 0 Å². The van der Waals surface area contributed by atoms with Crippen molar-refractivity contribution in [3.8, 4) is 11.5 Å². The predicted octanol–water partition coefficient (Wildman–Crippen LogP) is 1.80. The minimum atomic E-state index is -4.95. The van der Waals surface area contributed by atoms with Crippen LogP contribution in [0.5, 0.6) is 11.5 Å². The Morgan fingerprint density at radius 3 is 2.16 bits per heavy atom. The fraction of sp³-hybridized carbons (Fsp3) is 0. The van der Waals surface area contributed by atoms with Gasteiger partial charge in [0.05, 0.1) is 0 Å². The minimum absolute atomic E-state index is 0.00402. The number of fused-ring (bicyclic) bond motifs is 1. The molecule has 15 heteroatoms. The van der Waals surface area contributed by atoms with Crippen LogP contribution in [0.15, 0.2) is 68.6 Å². The average Bonchev–Trinajstić information content (AvgIpc) is 2.65. The monoisotopic (exact) mass is 532 g/mol. The van der Waals surface area contributed by atoms with Gasteiger partial charge in [0, 0.05) is 0 Å². The summed E-state index contributed by atoms with van der Waals surface area (Å²) in [7, 11) is -9.58. The van der Waals surface area contributed by atoms with Crippen LogP contribution in [0.3, 0.4) is 0 Å². The molecule has 3 aromatic carbocycles. The normalized spacial score (nSPS) is 12.7. The summed E-state index contributed by atoms with van der Waals surface area (Å²) in [5.74, 6) is -1.01. The van der Waals surface area contributed by atoms with E-state index in [1.807, 2.05) is 0 Å². The van der Waals surface area contributed by atoms with Gasteiger partial charge in [-0.05, 0) is 0 Å². The van der Waals surface area contributed by atoms with Gasteiger partial charge < -0.3 is 0 Å². The molecule has 0 aromatic heterocycles. The zero-order valence-corrected chi connectivity index (χ0v) is 18.6. The molecule has 31 heavy (non-hydrogen) atoms. The van der Waals surface area contributed by atoms with Crippen molar-refractivity contribution in [2.45, 2.75) is 9.79 Å². The Morgan fingerprint density at radius 2 is 1.55 bits per heavy atom. The van der Waals surface area contributed by atoms with Gasteiger partial charge in [-0.2, -0.15) is 0 Å². The second-order valence-corrected chi connectivity index (χ2v) is 10.2. The maximum atomic E-state index is 11.7. The summed E-state index contributed by atoms with van der Waals surface area (Å²) in [5.41, 5.74) is -0.437. The van der Waals surface area contributed by atoms with Crippen LogP contribution in [0.1, 0.15) is 0 Å². The van der Waals surface area contributed by atoms with Crippen molar-refractivity contribution in [1.82, 2.24) is 0 Å². The molecule has 0 aliphatic carbocycles. The van der Waals surface area contributed by atoms with Crippen LogP contribution < -0.4 is 3.73 Å². The summed E-state index contributed by atoms with van der Waals surface area (Å²) in [6.07, 6.45) is 0. The van der Waals surface area contributed by atoms with E-state index in [0.29, 0.717) is 0 Å². The maximum absolute atomic E-state index is 11.7. The van der Waals surface area contributed by atoms with Crippen molar-refractivity contribution in [2.75, 3.05) is 0 Å². The summed E-state index contributed by atoms with van der Waals surface area (Å²) < 4.78 is 87.9. The van der Waals surface area contributed by atoms with Crippen LogP contribution >= 0.6 is 0 Å². The number of hydrogen-bond donors (Lipinski definition) is 5. The van der Waals surface area contributed by atoms with E-state index >= 15 is 0 Å². The third kappa shape index (κ3) is 5.19. The van der Waals surface area contributed by atoms with Gasteiger partial charge in [-0.3, -0.25) is 0 Å². The quantitative estimate of drug-likeness (QED) is 0.177. The molecule has 0 fully saturated rings. The molecule has 0 radical (unpaired) electrons. The van der Waals surface area contributed by atoms with Gasteiger partial charge in [-0.15, -0.1) is 0 Å². The molecule has 0 heterocycles. The van der Waals surface area contributed by atoms with Crippen molar-refractivity contribution in [2.24, 2.45) is 10.2 Å². The molecule has 5 N–H and O–H groups in total. The summed E-state index contributed by atoms with van der Waals surface area (Å²) in [5, 5.41) is 17.9. The van der Waals surface area contributed by atoms with Crippen molar-refractivity contribution >= 4 is 58.1 Å². The molecule has 0 aliphatic heterocycles. The number of benzene rings is 3. The summed E-state index contributed by atoms with van der Waals surface area (Å²) >= 11 is -3.54. The average molecular weight is 532 g/mol. The van der Waals surface area contributed by atoms with Gasteiger partial charge >= 0.3 is 181 Å². The Labute approximate surface area is 180 Å². The van der Waals surface area contributed by atoms with E-state index < -0.39 is 57.1 Å². The van der Waals surface area contributed by atoms with E-state index in [2.05, 4.69) is 10.2 Å². The van der Waals surface area contributed by atoms with Gasteiger partial charge in [-0.1, -0.05) is 0 Å². The zero-order chi connectivity index (χ0) is 23.0. The van der Waals surface area contributed by atoms with Gasteiger partial charge in [-0.25, -0.2) is 0 Å². The number of hydrogen-bond acceptors (Lipinski definition) is 10. The topological polar surface area (TPSA) is 203 Å². The molecule has 0 amide bonds. The second-order valence-electron chi connectivity index (χ2n) is 5.92. The first kappa shape index (κ1) is 23.1. The van der Waals surface area contributed by atoms with Crippen LogP contribution in [0.2, 0.25) is 0 Å². The Kier molecular flexibility index (Phi) is 6.34. The van der Waals surface area contributed by atoms with Crippen LogP contribution in [0.4, 0.5) is 11.4 Å². The predicted molar refractivity (Wildman–Crippen MR) is 107 cm³/mol. The molecule has 0 saturated heterocycles. The van der Waals surface area contributed by atoms with Gasteiger partial charge in [0.1, 0.15) is 0 Å². The number of para-hydroxylation sites is 1. The molecule has 0 bridgehead atoms. The van der Waals surface area contributed by atoms with Crippen molar-refractivity contribution < 1.29 is 43.0 Å². The van der Waals surface area contributed by atoms with Crippen LogP contribution in [-0.4, -0.2) is 54.9 Å². The zero-order valence-electron chi connectivity index (χ0n) is 15.1. The molecule has 0 atom stereocenters. The molecular formula is C16H13AsN2O10S2. The molecule has 164 valence electrons. The third-order valence-corrected chi connectivity index (χ3v) is 6.37. The number of phenols is 1. The first-order valence-corrected chi connectivity index (χ1v) is 13.3. The molecule has 3 aromatic rings. The number of phenolic OH excluding ortho intramolecular Hbond substituents is 1. The molecule has 3 rings (SSSR count). The van der Waals surface area contributed by atoms with E-state index in [9.17, 15) is 31.0 Å². The molecule has 12 nitrogen and oxygen atoms in total. The fourth-order valence-corrected chi connectivity index (χ4v) is 4.42. The van der Waals surface area contributed by atoms with Crippen LogP contribution in [-0.2, 0) is 20.2 Å². The fourth-order valence-electron chi connectivity index (χ4n) is 2.60. The second kappa shape index (κ2) is 8.51. The molecule has 0 saturated carbocycles.